The van der Waals surface area contributed by atoms with E-state index >= 15 is 0 Å². The Kier molecular flexibility index (Phi) is 7.16. The molecule has 2 N–H and O–H groups in total. The summed E-state index contributed by atoms with van der Waals surface area (Å²) >= 11 is 6.14. The molecular formula is C21H21ClN2O7S. The molecule has 0 spiro atoms. The Balaban J connectivity index is 1.92. The van der Waals surface area contributed by atoms with E-state index in [1.807, 2.05) is 0 Å². The molecule has 3 rings (SSSR count). The summed E-state index contributed by atoms with van der Waals surface area (Å²) in [7, 11) is -0.0546. The van der Waals surface area contributed by atoms with Gasteiger partial charge in [0.25, 0.3) is 15.9 Å². The first-order chi connectivity index (χ1) is 15.3. The minimum Gasteiger partial charge on any atom is -0.495 e. The van der Waals surface area contributed by atoms with Crippen molar-refractivity contribution in [3.8, 4) is 17.2 Å². The van der Waals surface area contributed by atoms with Gasteiger partial charge in [0.15, 0.2) is 0 Å². The molecule has 0 atom stereocenters. The van der Waals surface area contributed by atoms with Crippen molar-refractivity contribution in [2.75, 3.05) is 26.1 Å². The van der Waals surface area contributed by atoms with Crippen LogP contribution in [0.2, 0.25) is 5.02 Å². The molecule has 0 fully saturated rings. The fourth-order valence-corrected chi connectivity index (χ4v) is 4.35. The third-order valence-electron chi connectivity index (χ3n) is 4.44. The summed E-state index contributed by atoms with van der Waals surface area (Å²) in [6.07, 6.45) is 1.49. The first kappa shape index (κ1) is 23.3. The molecular weight excluding hydrogens is 460 g/mol. The predicted molar refractivity (Wildman–Crippen MR) is 118 cm³/mol. The number of halogens is 1. The van der Waals surface area contributed by atoms with E-state index in [-0.39, 0.29) is 39.2 Å². The van der Waals surface area contributed by atoms with Crippen molar-refractivity contribution in [2.24, 2.45) is 0 Å². The van der Waals surface area contributed by atoms with E-state index in [0.29, 0.717) is 11.5 Å². The van der Waals surface area contributed by atoms with Crippen LogP contribution >= 0.6 is 11.6 Å². The number of hydrogen-bond acceptors (Lipinski definition) is 7. The summed E-state index contributed by atoms with van der Waals surface area (Å²) in [5.41, 5.74) is 0.213. The highest BCUT2D eigenvalue weighted by Crippen LogP contribution is 2.37. The Morgan fingerprint density at radius 2 is 1.72 bits per heavy atom. The Bertz CT molecular complexity index is 1210. The number of benzene rings is 2. The maximum absolute atomic E-state index is 13.2. The number of methoxy groups -OCH3 is 3. The van der Waals surface area contributed by atoms with Crippen LogP contribution in [0.5, 0.6) is 17.2 Å². The highest BCUT2D eigenvalue weighted by atomic mass is 35.5. The Morgan fingerprint density at radius 1 is 1.00 bits per heavy atom. The molecule has 0 radical (unpaired) electrons. The van der Waals surface area contributed by atoms with Gasteiger partial charge >= 0.3 is 0 Å². The molecule has 170 valence electrons. The van der Waals surface area contributed by atoms with Crippen LogP contribution in [-0.2, 0) is 16.6 Å². The Hall–Kier alpha value is -3.37. The van der Waals surface area contributed by atoms with E-state index in [9.17, 15) is 13.2 Å². The maximum atomic E-state index is 13.2. The summed E-state index contributed by atoms with van der Waals surface area (Å²) in [6.45, 7) is 0.153. The number of nitrogens with one attached hydrogen (secondary N) is 2. The van der Waals surface area contributed by atoms with Crippen molar-refractivity contribution in [1.29, 1.82) is 0 Å². The Labute approximate surface area is 190 Å². The molecule has 0 unspecified atom stereocenters. The molecule has 1 amide bonds. The lowest BCUT2D eigenvalue weighted by atomic mass is 10.2. The number of hydrogen-bond donors (Lipinski definition) is 2. The van der Waals surface area contributed by atoms with Crippen LogP contribution in [0.15, 0.2) is 58.0 Å². The molecule has 0 aliphatic carbocycles. The average Bonchev–Trinajstić information content (AvgIpc) is 3.30. The summed E-state index contributed by atoms with van der Waals surface area (Å²) in [5, 5.41) is 2.85. The number of anilines is 1. The number of rotatable bonds is 9. The average molecular weight is 481 g/mol. The molecule has 0 aliphatic rings. The second kappa shape index (κ2) is 9.84. The van der Waals surface area contributed by atoms with Gasteiger partial charge in [-0.3, -0.25) is 9.52 Å². The molecule has 11 heteroatoms. The van der Waals surface area contributed by atoms with Gasteiger partial charge in [0, 0.05) is 11.6 Å². The van der Waals surface area contributed by atoms with Crippen LogP contribution in [0.4, 0.5) is 5.69 Å². The SMILES string of the molecule is COc1cc(OC)c(NS(=O)(=O)c2cc(C(=O)NCc3ccco3)ccc2OC)cc1Cl. The van der Waals surface area contributed by atoms with Crippen molar-refractivity contribution in [3.63, 3.8) is 0 Å². The molecule has 0 bridgehead atoms. The van der Waals surface area contributed by atoms with E-state index in [1.165, 1.54) is 57.9 Å². The third-order valence-corrected chi connectivity index (χ3v) is 6.12. The largest absolute Gasteiger partial charge is 0.495 e. The normalized spacial score (nSPS) is 11.0. The van der Waals surface area contributed by atoms with Gasteiger partial charge in [0.2, 0.25) is 0 Å². The quantitative estimate of drug-likeness (QED) is 0.479. The molecule has 0 saturated heterocycles. The van der Waals surface area contributed by atoms with Gasteiger partial charge in [-0.15, -0.1) is 0 Å². The topological polar surface area (TPSA) is 116 Å². The van der Waals surface area contributed by atoms with Crippen LogP contribution < -0.4 is 24.2 Å². The van der Waals surface area contributed by atoms with E-state index in [0.717, 1.165) is 0 Å². The van der Waals surface area contributed by atoms with Gasteiger partial charge in [0.1, 0.15) is 27.9 Å². The van der Waals surface area contributed by atoms with E-state index in [1.54, 1.807) is 12.1 Å². The first-order valence-electron chi connectivity index (χ1n) is 9.22. The highest BCUT2D eigenvalue weighted by Gasteiger charge is 2.24. The second-order valence-corrected chi connectivity index (χ2v) is 8.48. The lowest BCUT2D eigenvalue weighted by Gasteiger charge is -2.16. The fourth-order valence-electron chi connectivity index (χ4n) is 2.85. The van der Waals surface area contributed by atoms with Gasteiger partial charge < -0.3 is 23.9 Å². The van der Waals surface area contributed by atoms with E-state index in [4.69, 9.17) is 30.2 Å². The van der Waals surface area contributed by atoms with Crippen LogP contribution in [0.3, 0.4) is 0 Å². The monoisotopic (exact) mass is 480 g/mol. The van der Waals surface area contributed by atoms with E-state index < -0.39 is 15.9 Å². The smallest absolute Gasteiger partial charge is 0.265 e. The number of furan rings is 1. The summed E-state index contributed by atoms with van der Waals surface area (Å²) < 4.78 is 49.5. The van der Waals surface area contributed by atoms with Crippen molar-refractivity contribution in [2.45, 2.75) is 11.4 Å². The molecule has 0 saturated carbocycles. The van der Waals surface area contributed by atoms with Crippen molar-refractivity contribution in [1.82, 2.24) is 5.32 Å². The minimum atomic E-state index is -4.19. The summed E-state index contributed by atoms with van der Waals surface area (Å²) in [5.74, 6) is 0.648. The zero-order valence-electron chi connectivity index (χ0n) is 17.5. The van der Waals surface area contributed by atoms with Crippen LogP contribution in [0.1, 0.15) is 16.1 Å². The fraction of sp³-hybridized carbons (Fsp3) is 0.190. The van der Waals surface area contributed by atoms with Gasteiger partial charge in [-0.05, 0) is 36.4 Å². The van der Waals surface area contributed by atoms with Crippen molar-refractivity contribution in [3.05, 3.63) is 65.1 Å². The lowest BCUT2D eigenvalue weighted by Crippen LogP contribution is -2.23. The Morgan fingerprint density at radius 3 is 2.34 bits per heavy atom. The molecule has 3 aromatic rings. The second-order valence-electron chi connectivity index (χ2n) is 6.42. The highest BCUT2D eigenvalue weighted by molar-refractivity contribution is 7.92. The standard InChI is InChI=1S/C21H21ClN2O7S/c1-28-17-7-6-13(21(25)23-12-14-5-4-8-31-14)9-20(17)32(26,27)24-16-10-15(22)18(29-2)11-19(16)30-3/h4-11,24H,12H2,1-3H3,(H,23,25). The molecule has 0 aliphatic heterocycles. The molecule has 9 nitrogen and oxygen atoms in total. The van der Waals surface area contributed by atoms with Crippen LogP contribution in [0.25, 0.3) is 0 Å². The zero-order valence-corrected chi connectivity index (χ0v) is 19.0. The number of sulfonamides is 1. The lowest BCUT2D eigenvalue weighted by molar-refractivity contribution is 0.0947. The minimum absolute atomic E-state index is 0.0543. The third kappa shape index (κ3) is 5.09. The summed E-state index contributed by atoms with van der Waals surface area (Å²) in [6, 6.07) is 10.3. The molecule has 2 aromatic carbocycles. The van der Waals surface area contributed by atoms with Gasteiger partial charge in [-0.1, -0.05) is 11.6 Å². The maximum Gasteiger partial charge on any atom is 0.265 e. The van der Waals surface area contributed by atoms with Gasteiger partial charge in [0.05, 0.1) is 44.8 Å². The first-order valence-corrected chi connectivity index (χ1v) is 11.1. The van der Waals surface area contributed by atoms with E-state index in [2.05, 4.69) is 10.0 Å². The van der Waals surface area contributed by atoms with Crippen LogP contribution in [-0.4, -0.2) is 35.7 Å². The van der Waals surface area contributed by atoms with Gasteiger partial charge in [-0.25, -0.2) is 8.42 Å². The summed E-state index contributed by atoms with van der Waals surface area (Å²) in [4.78, 5) is 12.3. The van der Waals surface area contributed by atoms with Crippen molar-refractivity contribution >= 4 is 33.2 Å². The zero-order chi connectivity index (χ0) is 23.3. The molecule has 1 aromatic heterocycles. The van der Waals surface area contributed by atoms with Crippen molar-refractivity contribution < 1.29 is 31.8 Å². The van der Waals surface area contributed by atoms with Crippen LogP contribution in [0, 0.1) is 0 Å². The number of ether oxygens (including phenoxy) is 3. The molecule has 1 heterocycles. The number of amides is 1. The molecule has 32 heavy (non-hydrogen) atoms. The van der Waals surface area contributed by atoms with Gasteiger partial charge in [-0.2, -0.15) is 0 Å². The predicted octanol–water partition coefficient (Wildman–Crippen LogP) is 3.69. The number of carbonyl (C=O) groups excluding carboxylic acids is 1. The number of carbonyl (C=O) groups is 1.